The third-order valence-electron chi connectivity index (χ3n) is 2.58. The third-order valence-corrected chi connectivity index (χ3v) is 2.58. The highest BCUT2D eigenvalue weighted by molar-refractivity contribution is 5.44. The summed E-state index contributed by atoms with van der Waals surface area (Å²) in [6, 6.07) is 10.4. The second-order valence-electron chi connectivity index (χ2n) is 4.70. The van der Waals surface area contributed by atoms with E-state index in [1.807, 2.05) is 6.07 Å². The Morgan fingerprint density at radius 1 is 1.29 bits per heavy atom. The molecule has 0 aliphatic carbocycles. The van der Waals surface area contributed by atoms with E-state index in [0.717, 1.165) is 17.6 Å². The number of benzene rings is 1. The summed E-state index contributed by atoms with van der Waals surface area (Å²) < 4.78 is 6.18. The van der Waals surface area contributed by atoms with Crippen molar-refractivity contribution in [2.24, 2.45) is 0 Å². The monoisotopic (exact) mass is 234 g/mol. The number of nitrogens with zero attached hydrogens (tertiary/aromatic N) is 1. The molecule has 0 aliphatic rings. The highest BCUT2D eigenvalue weighted by Crippen LogP contribution is 2.08. The summed E-state index contributed by atoms with van der Waals surface area (Å²) in [6.45, 7) is 2.90. The highest BCUT2D eigenvalue weighted by atomic mass is 16.5. The second kappa shape index (κ2) is 7.02. The van der Waals surface area contributed by atoms with Gasteiger partial charge in [0.05, 0.1) is 27.3 Å². The van der Waals surface area contributed by atoms with Gasteiger partial charge >= 0.3 is 0 Å². The Hall–Kier alpha value is -1.41. The lowest BCUT2D eigenvalue weighted by atomic mass is 10.2. The minimum absolute atomic E-state index is 0.356. The Balaban J connectivity index is 2.33. The lowest BCUT2D eigenvalue weighted by Gasteiger charge is -2.29. The SMILES string of the molecule is C[N+](C)(CCOCC=C=O)Cc1ccccc1. The fourth-order valence-corrected chi connectivity index (χ4v) is 1.64. The van der Waals surface area contributed by atoms with Crippen LogP contribution in [0.15, 0.2) is 36.4 Å². The van der Waals surface area contributed by atoms with Crippen LogP contribution in [0.1, 0.15) is 5.56 Å². The molecule has 0 bridgehead atoms. The van der Waals surface area contributed by atoms with E-state index in [1.165, 1.54) is 11.6 Å². The van der Waals surface area contributed by atoms with Gasteiger partial charge in [0.2, 0.25) is 0 Å². The summed E-state index contributed by atoms with van der Waals surface area (Å²) in [7, 11) is 4.35. The second-order valence-corrected chi connectivity index (χ2v) is 4.70. The zero-order valence-corrected chi connectivity index (χ0v) is 10.6. The molecule has 0 radical (unpaired) electrons. The number of carbonyl (C=O) groups excluding carboxylic acids is 1. The van der Waals surface area contributed by atoms with E-state index in [4.69, 9.17) is 4.74 Å². The van der Waals surface area contributed by atoms with Gasteiger partial charge in [-0.25, -0.2) is 4.79 Å². The first-order valence-corrected chi connectivity index (χ1v) is 5.77. The first-order chi connectivity index (χ1) is 8.14. The summed E-state index contributed by atoms with van der Waals surface area (Å²) in [5.41, 5.74) is 1.32. The lowest BCUT2D eigenvalue weighted by molar-refractivity contribution is -0.904. The standard InChI is InChI=1S/C14H20NO2/c1-15(2,9-12-17-11-6-10-16)13-14-7-4-3-5-8-14/h3-8H,9,11-13H2,1-2H3/q+1. The van der Waals surface area contributed by atoms with E-state index < -0.39 is 0 Å². The van der Waals surface area contributed by atoms with Crippen LogP contribution in [-0.2, 0) is 16.1 Å². The Kier molecular flexibility index (Phi) is 5.64. The van der Waals surface area contributed by atoms with E-state index in [-0.39, 0.29) is 0 Å². The summed E-state index contributed by atoms with van der Waals surface area (Å²) in [6.07, 6.45) is 1.36. The summed E-state index contributed by atoms with van der Waals surface area (Å²) >= 11 is 0. The molecule has 0 N–H and O–H groups in total. The van der Waals surface area contributed by atoms with Crippen molar-refractivity contribution in [3.63, 3.8) is 0 Å². The molecule has 3 nitrogen and oxygen atoms in total. The van der Waals surface area contributed by atoms with Crippen molar-refractivity contribution in [1.82, 2.24) is 0 Å². The molecule has 0 spiro atoms. The maximum Gasteiger partial charge on any atom is 0.122 e. The molecule has 0 heterocycles. The normalized spacial score (nSPS) is 10.9. The number of hydrogen-bond acceptors (Lipinski definition) is 2. The number of likely N-dealkylation sites (N-methyl/N-ethyl adjacent to an activating group) is 1. The van der Waals surface area contributed by atoms with Crippen molar-refractivity contribution in [1.29, 1.82) is 0 Å². The van der Waals surface area contributed by atoms with E-state index in [9.17, 15) is 4.79 Å². The van der Waals surface area contributed by atoms with Gasteiger partial charge in [-0.1, -0.05) is 30.3 Å². The fraction of sp³-hybridized carbons (Fsp3) is 0.429. The van der Waals surface area contributed by atoms with Crippen molar-refractivity contribution < 1.29 is 14.0 Å². The Morgan fingerprint density at radius 2 is 2.00 bits per heavy atom. The first-order valence-electron chi connectivity index (χ1n) is 5.77. The van der Waals surface area contributed by atoms with Gasteiger partial charge in [0.1, 0.15) is 19.0 Å². The van der Waals surface area contributed by atoms with Crippen molar-refractivity contribution in [3.8, 4) is 0 Å². The number of rotatable bonds is 7. The van der Waals surface area contributed by atoms with Crippen molar-refractivity contribution in [3.05, 3.63) is 42.0 Å². The average molecular weight is 234 g/mol. The quantitative estimate of drug-likeness (QED) is 0.407. The average Bonchev–Trinajstić information content (AvgIpc) is 2.29. The third kappa shape index (κ3) is 6.03. The molecular weight excluding hydrogens is 214 g/mol. The lowest BCUT2D eigenvalue weighted by Crippen LogP contribution is -2.41. The van der Waals surface area contributed by atoms with Gasteiger partial charge in [0, 0.05) is 11.6 Å². The molecule has 0 fully saturated rings. The van der Waals surface area contributed by atoms with E-state index in [1.54, 1.807) is 5.94 Å². The van der Waals surface area contributed by atoms with Crippen LogP contribution in [0, 0.1) is 0 Å². The molecule has 1 aromatic rings. The number of ether oxygens (including phenoxy) is 1. The summed E-state index contributed by atoms with van der Waals surface area (Å²) in [5.74, 6) is 1.70. The van der Waals surface area contributed by atoms with Gasteiger partial charge in [-0.05, 0) is 0 Å². The van der Waals surface area contributed by atoms with Crippen LogP contribution >= 0.6 is 0 Å². The minimum Gasteiger partial charge on any atom is -0.371 e. The van der Waals surface area contributed by atoms with Crippen LogP contribution in [-0.4, -0.2) is 44.3 Å². The molecule has 92 valence electrons. The number of hydrogen-bond donors (Lipinski definition) is 0. The van der Waals surface area contributed by atoms with E-state index in [2.05, 4.69) is 38.4 Å². The topological polar surface area (TPSA) is 26.3 Å². The molecule has 0 unspecified atom stereocenters. The van der Waals surface area contributed by atoms with Gasteiger partial charge in [-0.3, -0.25) is 0 Å². The molecule has 0 aliphatic heterocycles. The number of quaternary nitrogens is 1. The molecule has 1 rings (SSSR count). The van der Waals surface area contributed by atoms with Crippen LogP contribution < -0.4 is 0 Å². The van der Waals surface area contributed by atoms with Gasteiger partial charge in [0.15, 0.2) is 0 Å². The van der Waals surface area contributed by atoms with Gasteiger partial charge in [0.25, 0.3) is 0 Å². The zero-order valence-electron chi connectivity index (χ0n) is 10.6. The molecule has 17 heavy (non-hydrogen) atoms. The Bertz CT molecular complexity index is 367. The minimum atomic E-state index is 0.356. The molecule has 1 aromatic carbocycles. The summed E-state index contributed by atoms with van der Waals surface area (Å²) in [4.78, 5) is 9.94. The first kappa shape index (κ1) is 13.7. The molecule has 0 atom stereocenters. The maximum atomic E-state index is 9.94. The zero-order chi connectivity index (χ0) is 12.6. The van der Waals surface area contributed by atoms with Crippen molar-refractivity contribution in [2.45, 2.75) is 6.54 Å². The van der Waals surface area contributed by atoms with Gasteiger partial charge in [-0.15, -0.1) is 0 Å². The van der Waals surface area contributed by atoms with E-state index >= 15 is 0 Å². The molecule has 0 amide bonds. The largest absolute Gasteiger partial charge is 0.371 e. The van der Waals surface area contributed by atoms with E-state index in [0.29, 0.717) is 13.2 Å². The van der Waals surface area contributed by atoms with Crippen LogP contribution in [0.5, 0.6) is 0 Å². The predicted octanol–water partition coefficient (Wildman–Crippen LogP) is 1.67. The Morgan fingerprint density at radius 3 is 2.65 bits per heavy atom. The molecule has 0 aromatic heterocycles. The van der Waals surface area contributed by atoms with Crippen LogP contribution in [0.2, 0.25) is 0 Å². The van der Waals surface area contributed by atoms with Crippen LogP contribution in [0.3, 0.4) is 0 Å². The molecular formula is C14H20NO2+. The molecule has 0 saturated carbocycles. The maximum absolute atomic E-state index is 9.94. The van der Waals surface area contributed by atoms with Crippen LogP contribution in [0.4, 0.5) is 0 Å². The van der Waals surface area contributed by atoms with Gasteiger partial charge in [-0.2, -0.15) is 0 Å². The molecule has 3 heteroatoms. The van der Waals surface area contributed by atoms with Crippen molar-refractivity contribution in [2.75, 3.05) is 33.9 Å². The van der Waals surface area contributed by atoms with Crippen LogP contribution in [0.25, 0.3) is 0 Å². The van der Waals surface area contributed by atoms with Gasteiger partial charge < -0.3 is 9.22 Å². The predicted molar refractivity (Wildman–Crippen MR) is 68.2 cm³/mol. The molecule has 0 saturated heterocycles. The summed E-state index contributed by atoms with van der Waals surface area (Å²) in [5, 5.41) is 0. The smallest absolute Gasteiger partial charge is 0.122 e. The Labute approximate surface area is 103 Å². The highest BCUT2D eigenvalue weighted by Gasteiger charge is 2.15. The van der Waals surface area contributed by atoms with Crippen molar-refractivity contribution >= 4 is 5.94 Å². The fourth-order valence-electron chi connectivity index (χ4n) is 1.64.